The van der Waals surface area contributed by atoms with Crippen molar-refractivity contribution in [3.05, 3.63) is 41.5 Å². The van der Waals surface area contributed by atoms with E-state index in [0.29, 0.717) is 25.0 Å². The number of ether oxygens (including phenoxy) is 2. The summed E-state index contributed by atoms with van der Waals surface area (Å²) in [6.45, 7) is 9.95. The summed E-state index contributed by atoms with van der Waals surface area (Å²) in [5.41, 5.74) is 2.59. The van der Waals surface area contributed by atoms with Gasteiger partial charge in [-0.2, -0.15) is 0 Å². The van der Waals surface area contributed by atoms with Crippen molar-refractivity contribution in [2.24, 2.45) is 11.8 Å². The van der Waals surface area contributed by atoms with Gasteiger partial charge in [-0.1, -0.05) is 30.2 Å². The van der Waals surface area contributed by atoms with Crippen molar-refractivity contribution >= 4 is 0 Å². The van der Waals surface area contributed by atoms with Gasteiger partial charge in [0.1, 0.15) is 18.5 Å². The number of nitrogens with zero attached hydrogens (tertiary/aromatic N) is 1. The van der Waals surface area contributed by atoms with Crippen molar-refractivity contribution in [2.45, 2.75) is 70.7 Å². The van der Waals surface area contributed by atoms with Crippen LogP contribution in [0.15, 0.2) is 35.9 Å². The zero-order chi connectivity index (χ0) is 20.4. The van der Waals surface area contributed by atoms with Crippen LogP contribution in [-0.4, -0.2) is 48.0 Å². The Morgan fingerprint density at radius 2 is 1.90 bits per heavy atom. The summed E-state index contributed by atoms with van der Waals surface area (Å²) in [6.07, 6.45) is 8.22. The third-order valence-electron chi connectivity index (χ3n) is 7.20. The van der Waals surface area contributed by atoms with Crippen LogP contribution < -0.4 is 4.74 Å². The Morgan fingerprint density at radius 1 is 1.17 bits per heavy atom. The molecule has 2 bridgehead atoms. The van der Waals surface area contributed by atoms with Crippen LogP contribution in [0.5, 0.6) is 5.75 Å². The molecule has 29 heavy (non-hydrogen) atoms. The molecule has 2 heterocycles. The highest BCUT2D eigenvalue weighted by Crippen LogP contribution is 2.50. The zero-order valence-corrected chi connectivity index (χ0v) is 18.3. The molecule has 2 aliphatic heterocycles. The lowest BCUT2D eigenvalue weighted by molar-refractivity contribution is -0.166. The van der Waals surface area contributed by atoms with Gasteiger partial charge in [0.25, 0.3) is 0 Å². The number of rotatable bonds is 6. The molecule has 0 spiro atoms. The predicted molar refractivity (Wildman–Crippen MR) is 116 cm³/mol. The van der Waals surface area contributed by atoms with Crippen molar-refractivity contribution in [3.8, 4) is 5.75 Å². The Kier molecular flexibility index (Phi) is 6.33. The van der Waals surface area contributed by atoms with Crippen molar-refractivity contribution < 1.29 is 14.6 Å². The molecular formula is C25H37NO3. The topological polar surface area (TPSA) is 41.9 Å². The fourth-order valence-corrected chi connectivity index (χ4v) is 5.24. The number of benzene rings is 1. The first-order valence-electron chi connectivity index (χ1n) is 11.4. The van der Waals surface area contributed by atoms with Crippen LogP contribution in [0.3, 0.4) is 0 Å². The predicted octanol–water partition coefficient (Wildman–Crippen LogP) is 4.73. The smallest absolute Gasteiger partial charge is 0.119 e. The van der Waals surface area contributed by atoms with Crippen molar-refractivity contribution in [2.75, 3.05) is 26.2 Å². The molecule has 1 aromatic carbocycles. The Hall–Kier alpha value is -1.36. The van der Waals surface area contributed by atoms with Gasteiger partial charge in [0.05, 0.1) is 11.7 Å². The molecule has 4 nitrogen and oxygen atoms in total. The van der Waals surface area contributed by atoms with E-state index in [0.717, 1.165) is 25.3 Å². The lowest BCUT2D eigenvalue weighted by Crippen LogP contribution is -2.45. The number of fused-ring (bicyclic) bond motifs is 2. The first kappa shape index (κ1) is 20.9. The minimum Gasteiger partial charge on any atom is -0.491 e. The number of aliphatic hydroxyl groups is 1. The van der Waals surface area contributed by atoms with Gasteiger partial charge in [0.15, 0.2) is 0 Å². The van der Waals surface area contributed by atoms with E-state index in [2.05, 4.69) is 43.9 Å². The van der Waals surface area contributed by atoms with Crippen LogP contribution in [0, 0.1) is 11.8 Å². The molecule has 2 fully saturated rings. The fourth-order valence-electron chi connectivity index (χ4n) is 5.24. The number of aliphatic hydroxyl groups excluding tert-OH is 1. The van der Waals surface area contributed by atoms with Crippen LogP contribution in [0.2, 0.25) is 0 Å². The SMILES string of the molecule is CC1=CC[C@@H]2C[C@@H]1[C@H](c1ccc(OC[C@@H](O)CN3CCCCC3)cc1)OC2(C)C. The minimum absolute atomic E-state index is 0.0912. The number of likely N-dealkylation sites (tertiary alicyclic amines) is 1. The Morgan fingerprint density at radius 3 is 2.62 bits per heavy atom. The summed E-state index contributed by atoms with van der Waals surface area (Å²) in [5.74, 6) is 1.90. The Labute approximate surface area is 175 Å². The van der Waals surface area contributed by atoms with E-state index >= 15 is 0 Å². The summed E-state index contributed by atoms with van der Waals surface area (Å²) in [5, 5.41) is 10.3. The number of β-amino-alcohol motifs (C(OH)–C–C–N with tert-alkyl or cyclic N) is 1. The van der Waals surface area contributed by atoms with Gasteiger partial charge < -0.3 is 19.5 Å². The molecule has 0 amide bonds. The molecule has 2 saturated heterocycles. The molecule has 1 aliphatic carbocycles. The monoisotopic (exact) mass is 399 g/mol. The van der Waals surface area contributed by atoms with Crippen LogP contribution in [0.4, 0.5) is 0 Å². The van der Waals surface area contributed by atoms with E-state index in [9.17, 15) is 5.11 Å². The molecule has 3 aliphatic rings. The highest BCUT2D eigenvalue weighted by molar-refractivity contribution is 5.31. The quantitative estimate of drug-likeness (QED) is 0.702. The second kappa shape index (κ2) is 8.79. The molecule has 0 radical (unpaired) electrons. The minimum atomic E-state index is -0.442. The first-order chi connectivity index (χ1) is 13.9. The standard InChI is InChI=1S/C25H37NO3/c1-18-7-10-20-15-23(18)24(29-25(20,2)3)19-8-11-22(12-9-19)28-17-21(27)16-26-13-5-4-6-14-26/h7-9,11-12,20-21,23-24,27H,4-6,10,13-17H2,1-3H3/t20-,21+,23+,24+/m1/s1. The number of hydrogen-bond acceptors (Lipinski definition) is 4. The number of piperidine rings is 1. The largest absolute Gasteiger partial charge is 0.491 e. The van der Waals surface area contributed by atoms with Gasteiger partial charge >= 0.3 is 0 Å². The highest BCUT2D eigenvalue weighted by atomic mass is 16.5. The molecule has 4 heteroatoms. The summed E-state index contributed by atoms with van der Waals surface area (Å²) >= 11 is 0. The van der Waals surface area contributed by atoms with Crippen molar-refractivity contribution in [3.63, 3.8) is 0 Å². The normalized spacial score (nSPS) is 30.5. The van der Waals surface area contributed by atoms with Gasteiger partial charge in [-0.25, -0.2) is 0 Å². The van der Waals surface area contributed by atoms with Crippen molar-refractivity contribution in [1.29, 1.82) is 0 Å². The maximum atomic E-state index is 10.3. The second-order valence-electron chi connectivity index (χ2n) is 9.76. The lowest BCUT2D eigenvalue weighted by atomic mass is 9.69. The third kappa shape index (κ3) is 4.87. The molecule has 0 aromatic heterocycles. The molecular weight excluding hydrogens is 362 g/mol. The Bertz CT molecular complexity index is 705. The maximum absolute atomic E-state index is 10.3. The van der Waals surface area contributed by atoms with E-state index in [1.807, 2.05) is 12.1 Å². The maximum Gasteiger partial charge on any atom is 0.119 e. The Balaban J connectivity index is 1.35. The fraction of sp³-hybridized carbons (Fsp3) is 0.680. The van der Waals surface area contributed by atoms with E-state index in [1.165, 1.54) is 36.8 Å². The average molecular weight is 400 g/mol. The van der Waals surface area contributed by atoms with Gasteiger partial charge in [-0.05, 0) is 83.2 Å². The van der Waals surface area contributed by atoms with E-state index < -0.39 is 6.10 Å². The van der Waals surface area contributed by atoms with E-state index in [4.69, 9.17) is 9.47 Å². The van der Waals surface area contributed by atoms with Gasteiger partial charge in [0, 0.05) is 12.5 Å². The summed E-state index contributed by atoms with van der Waals surface area (Å²) in [4.78, 5) is 2.34. The van der Waals surface area contributed by atoms with E-state index in [1.54, 1.807) is 0 Å². The zero-order valence-electron chi connectivity index (χ0n) is 18.3. The van der Waals surface area contributed by atoms with Gasteiger partial charge in [-0.15, -0.1) is 0 Å². The lowest BCUT2D eigenvalue weighted by Gasteiger charge is -2.49. The van der Waals surface area contributed by atoms with Crippen LogP contribution in [-0.2, 0) is 4.74 Å². The van der Waals surface area contributed by atoms with Crippen LogP contribution in [0.1, 0.15) is 64.5 Å². The number of hydrogen-bond donors (Lipinski definition) is 1. The summed E-state index contributed by atoms with van der Waals surface area (Å²) < 4.78 is 12.5. The first-order valence-corrected chi connectivity index (χ1v) is 11.4. The van der Waals surface area contributed by atoms with Crippen LogP contribution >= 0.6 is 0 Å². The molecule has 160 valence electrons. The van der Waals surface area contributed by atoms with E-state index in [-0.39, 0.29) is 11.7 Å². The summed E-state index contributed by atoms with van der Waals surface area (Å²) in [6, 6.07) is 8.31. The molecule has 0 unspecified atom stereocenters. The molecule has 4 rings (SSSR count). The van der Waals surface area contributed by atoms with Gasteiger partial charge in [-0.3, -0.25) is 0 Å². The third-order valence-corrected chi connectivity index (χ3v) is 7.20. The average Bonchev–Trinajstić information content (AvgIpc) is 2.72. The molecule has 1 N–H and O–H groups in total. The molecule has 4 atom stereocenters. The van der Waals surface area contributed by atoms with Crippen molar-refractivity contribution in [1.82, 2.24) is 4.90 Å². The molecule has 0 saturated carbocycles. The van der Waals surface area contributed by atoms with Crippen LogP contribution in [0.25, 0.3) is 0 Å². The van der Waals surface area contributed by atoms with Gasteiger partial charge in [0.2, 0.25) is 0 Å². The summed E-state index contributed by atoms with van der Waals surface area (Å²) in [7, 11) is 0. The molecule has 1 aromatic rings. The highest BCUT2D eigenvalue weighted by Gasteiger charge is 2.45. The second-order valence-corrected chi connectivity index (χ2v) is 9.76. The number of allylic oxidation sites excluding steroid dienone is 1.